The van der Waals surface area contributed by atoms with E-state index in [-0.39, 0.29) is 0 Å². The number of imidazole rings is 2. The summed E-state index contributed by atoms with van der Waals surface area (Å²) in [4.78, 5) is 18.3. The fraction of sp³-hybridized carbons (Fsp3) is 0.125. The minimum atomic E-state index is 0.830. The SMILES string of the molecule is Cn1ccnc1Sc1nc2ccccc2nc1Sc1nccn1C. The summed E-state index contributed by atoms with van der Waals surface area (Å²) >= 11 is 3.02. The Morgan fingerprint density at radius 1 is 0.750 bits per heavy atom. The summed E-state index contributed by atoms with van der Waals surface area (Å²) in [5.74, 6) is 0. The van der Waals surface area contributed by atoms with Crippen molar-refractivity contribution in [2.45, 2.75) is 20.4 Å². The zero-order valence-corrected chi connectivity index (χ0v) is 14.8. The van der Waals surface area contributed by atoms with Gasteiger partial charge in [-0.2, -0.15) is 0 Å². The molecule has 0 fully saturated rings. The Balaban J connectivity index is 1.81. The van der Waals surface area contributed by atoms with Crippen molar-refractivity contribution in [3.63, 3.8) is 0 Å². The van der Waals surface area contributed by atoms with Crippen LogP contribution in [0.25, 0.3) is 11.0 Å². The third-order valence-electron chi connectivity index (χ3n) is 3.44. The van der Waals surface area contributed by atoms with Gasteiger partial charge >= 0.3 is 0 Å². The molecule has 0 amide bonds. The van der Waals surface area contributed by atoms with Crippen molar-refractivity contribution in [1.29, 1.82) is 0 Å². The maximum atomic E-state index is 4.79. The molecule has 0 aliphatic rings. The van der Waals surface area contributed by atoms with Gasteiger partial charge in [0.2, 0.25) is 0 Å². The van der Waals surface area contributed by atoms with E-state index in [0.29, 0.717) is 0 Å². The molecule has 4 aromatic rings. The van der Waals surface area contributed by atoms with Crippen LogP contribution in [0, 0.1) is 0 Å². The monoisotopic (exact) mass is 354 g/mol. The van der Waals surface area contributed by atoms with Crippen LogP contribution in [0.3, 0.4) is 0 Å². The molecule has 0 aliphatic carbocycles. The van der Waals surface area contributed by atoms with Crippen LogP contribution < -0.4 is 0 Å². The van der Waals surface area contributed by atoms with E-state index in [0.717, 1.165) is 31.4 Å². The quantitative estimate of drug-likeness (QED) is 0.560. The molecule has 1 aromatic carbocycles. The lowest BCUT2D eigenvalue weighted by Gasteiger charge is -2.09. The second-order valence-electron chi connectivity index (χ2n) is 5.17. The molecule has 120 valence electrons. The Morgan fingerprint density at radius 2 is 1.21 bits per heavy atom. The summed E-state index contributed by atoms with van der Waals surface area (Å²) < 4.78 is 3.94. The van der Waals surface area contributed by atoms with Crippen LogP contribution in [0.2, 0.25) is 0 Å². The van der Waals surface area contributed by atoms with Crippen molar-refractivity contribution in [2.24, 2.45) is 14.1 Å². The Morgan fingerprint density at radius 3 is 1.58 bits per heavy atom. The van der Waals surface area contributed by atoms with Gasteiger partial charge in [0.15, 0.2) is 10.3 Å². The van der Waals surface area contributed by atoms with E-state index in [4.69, 9.17) is 9.97 Å². The third kappa shape index (κ3) is 2.90. The Kier molecular flexibility index (Phi) is 3.99. The summed E-state index contributed by atoms with van der Waals surface area (Å²) in [5, 5.41) is 3.41. The largest absolute Gasteiger partial charge is 0.329 e. The molecule has 0 saturated carbocycles. The molecule has 0 radical (unpaired) electrons. The van der Waals surface area contributed by atoms with E-state index < -0.39 is 0 Å². The molecule has 0 aliphatic heterocycles. The van der Waals surface area contributed by atoms with E-state index >= 15 is 0 Å². The van der Waals surface area contributed by atoms with Crippen molar-refractivity contribution in [3.8, 4) is 0 Å². The summed E-state index contributed by atoms with van der Waals surface area (Å²) in [7, 11) is 3.94. The van der Waals surface area contributed by atoms with E-state index in [1.807, 2.05) is 59.9 Å². The minimum absolute atomic E-state index is 0.830. The first-order valence-corrected chi connectivity index (χ1v) is 8.91. The lowest BCUT2D eigenvalue weighted by molar-refractivity contribution is 0.781. The molecule has 0 N–H and O–H groups in total. The topological polar surface area (TPSA) is 61.4 Å². The zero-order chi connectivity index (χ0) is 16.5. The molecule has 3 aromatic heterocycles. The summed E-state index contributed by atoms with van der Waals surface area (Å²) in [6.07, 6.45) is 7.40. The number of nitrogens with zero attached hydrogens (tertiary/aromatic N) is 6. The average Bonchev–Trinajstić information content (AvgIpc) is 3.17. The van der Waals surface area contributed by atoms with Gasteiger partial charge in [0.1, 0.15) is 10.1 Å². The molecular formula is C16H14N6S2. The summed E-state index contributed by atoms with van der Waals surface area (Å²) in [6.45, 7) is 0. The van der Waals surface area contributed by atoms with E-state index in [1.54, 1.807) is 12.4 Å². The number of rotatable bonds is 4. The van der Waals surface area contributed by atoms with Crippen LogP contribution in [0.5, 0.6) is 0 Å². The molecule has 8 heteroatoms. The van der Waals surface area contributed by atoms with Crippen molar-refractivity contribution >= 4 is 34.6 Å². The lowest BCUT2D eigenvalue weighted by Crippen LogP contribution is -1.97. The number of hydrogen-bond acceptors (Lipinski definition) is 6. The highest BCUT2D eigenvalue weighted by Gasteiger charge is 2.15. The number of para-hydroxylation sites is 2. The van der Waals surface area contributed by atoms with Crippen LogP contribution in [0.1, 0.15) is 0 Å². The highest BCUT2D eigenvalue weighted by molar-refractivity contribution is 8.02. The van der Waals surface area contributed by atoms with Gasteiger partial charge in [0.05, 0.1) is 11.0 Å². The first kappa shape index (κ1) is 15.2. The first-order chi connectivity index (χ1) is 11.7. The molecule has 0 unspecified atom stereocenters. The van der Waals surface area contributed by atoms with E-state index in [9.17, 15) is 0 Å². The van der Waals surface area contributed by atoms with Crippen LogP contribution in [-0.2, 0) is 14.1 Å². The number of hydrogen-bond donors (Lipinski definition) is 0. The highest BCUT2D eigenvalue weighted by atomic mass is 32.2. The second-order valence-corrected chi connectivity index (χ2v) is 7.08. The smallest absolute Gasteiger partial charge is 0.174 e. The average molecular weight is 354 g/mol. The maximum absolute atomic E-state index is 4.79. The fourth-order valence-corrected chi connectivity index (χ4v) is 3.96. The molecular weight excluding hydrogens is 340 g/mol. The van der Waals surface area contributed by atoms with Gasteiger partial charge in [-0.05, 0) is 35.7 Å². The molecule has 6 nitrogen and oxygen atoms in total. The summed E-state index contributed by atoms with van der Waals surface area (Å²) in [5.41, 5.74) is 1.75. The Hall–Kier alpha value is -2.32. The van der Waals surface area contributed by atoms with Crippen LogP contribution in [0.15, 0.2) is 69.4 Å². The van der Waals surface area contributed by atoms with E-state index in [1.165, 1.54) is 23.5 Å². The normalized spacial score (nSPS) is 11.2. The number of benzene rings is 1. The van der Waals surface area contributed by atoms with Crippen molar-refractivity contribution < 1.29 is 0 Å². The van der Waals surface area contributed by atoms with Crippen molar-refractivity contribution in [2.75, 3.05) is 0 Å². The van der Waals surface area contributed by atoms with Crippen molar-refractivity contribution in [3.05, 3.63) is 49.1 Å². The molecule has 0 bridgehead atoms. The Labute approximate surface area is 147 Å². The van der Waals surface area contributed by atoms with Crippen LogP contribution >= 0.6 is 23.5 Å². The van der Waals surface area contributed by atoms with Gasteiger partial charge in [-0.15, -0.1) is 0 Å². The van der Waals surface area contributed by atoms with Gasteiger partial charge in [-0.3, -0.25) is 0 Å². The number of aryl methyl sites for hydroxylation is 2. The molecule has 24 heavy (non-hydrogen) atoms. The minimum Gasteiger partial charge on any atom is -0.329 e. The maximum Gasteiger partial charge on any atom is 0.174 e. The summed E-state index contributed by atoms with van der Waals surface area (Å²) in [6, 6.07) is 7.88. The molecule has 0 spiro atoms. The molecule has 0 saturated heterocycles. The molecule has 3 heterocycles. The Bertz CT molecular complexity index is 926. The van der Waals surface area contributed by atoms with Gasteiger partial charge in [-0.1, -0.05) is 12.1 Å². The number of fused-ring (bicyclic) bond motifs is 1. The lowest BCUT2D eigenvalue weighted by atomic mass is 10.3. The standard InChI is InChI=1S/C16H14N6S2/c1-21-9-7-17-15(21)23-13-14(24-16-18-8-10-22(16)2)20-12-6-4-3-5-11(12)19-13/h3-10H,1-2H3. The third-order valence-corrected chi connectivity index (χ3v) is 5.68. The number of aromatic nitrogens is 6. The predicted molar refractivity (Wildman–Crippen MR) is 94.2 cm³/mol. The zero-order valence-electron chi connectivity index (χ0n) is 13.1. The van der Waals surface area contributed by atoms with Gasteiger partial charge < -0.3 is 9.13 Å². The van der Waals surface area contributed by atoms with Gasteiger partial charge in [0, 0.05) is 38.9 Å². The first-order valence-electron chi connectivity index (χ1n) is 7.28. The molecule has 4 rings (SSSR count). The highest BCUT2D eigenvalue weighted by Crippen LogP contribution is 2.36. The van der Waals surface area contributed by atoms with Crippen LogP contribution in [0.4, 0.5) is 0 Å². The fourth-order valence-electron chi connectivity index (χ4n) is 2.17. The molecule has 0 atom stereocenters. The van der Waals surface area contributed by atoms with Gasteiger partial charge in [-0.25, -0.2) is 19.9 Å². The van der Waals surface area contributed by atoms with Gasteiger partial charge in [0.25, 0.3) is 0 Å². The van der Waals surface area contributed by atoms with Crippen LogP contribution in [-0.4, -0.2) is 29.1 Å². The predicted octanol–water partition coefficient (Wildman–Crippen LogP) is 3.40. The van der Waals surface area contributed by atoms with E-state index in [2.05, 4.69) is 9.97 Å². The van der Waals surface area contributed by atoms with Crippen molar-refractivity contribution in [1.82, 2.24) is 29.1 Å². The second kappa shape index (κ2) is 6.29.